The molecule has 0 radical (unpaired) electrons. The summed E-state index contributed by atoms with van der Waals surface area (Å²) >= 11 is 3.10. The van der Waals surface area contributed by atoms with Crippen LogP contribution in [0.2, 0.25) is 0 Å². The van der Waals surface area contributed by atoms with Gasteiger partial charge in [-0.05, 0) is 40.9 Å². The first-order chi connectivity index (χ1) is 18.7. The monoisotopic (exact) mass is 601 g/mol. The van der Waals surface area contributed by atoms with Crippen molar-refractivity contribution in [2.75, 3.05) is 28.7 Å². The van der Waals surface area contributed by atoms with Crippen LogP contribution in [0.15, 0.2) is 46.0 Å². The summed E-state index contributed by atoms with van der Waals surface area (Å²) in [6.07, 6.45) is 5.05. The number of nitrogens with one attached hydrogen (secondary N) is 2. The molecule has 3 aromatic rings. The Balaban J connectivity index is 1.93. The molecular weight excluding hydrogens is 574 g/mol. The molecule has 0 atom stereocenters. The lowest BCUT2D eigenvalue weighted by atomic mass is 10.2. The van der Waals surface area contributed by atoms with Crippen LogP contribution >= 0.6 is 15.9 Å². The predicted molar refractivity (Wildman–Crippen MR) is 152 cm³/mol. The van der Waals surface area contributed by atoms with Gasteiger partial charge in [0.2, 0.25) is 17.8 Å². The van der Waals surface area contributed by atoms with Crippen LogP contribution in [-0.2, 0) is 0 Å². The minimum atomic E-state index is -0.579. The highest BCUT2D eigenvalue weighted by molar-refractivity contribution is 9.10. The molecule has 0 aliphatic carbocycles. The molecule has 0 aliphatic rings. The van der Waals surface area contributed by atoms with Crippen LogP contribution < -0.4 is 15.6 Å². The molecule has 0 aliphatic heterocycles. The van der Waals surface area contributed by atoms with E-state index in [1.54, 1.807) is 12.1 Å². The number of aromatic hydroxyl groups is 1. The van der Waals surface area contributed by atoms with Gasteiger partial charge in [-0.2, -0.15) is 20.1 Å². The average Bonchev–Trinajstić information content (AvgIpc) is 2.91. The lowest BCUT2D eigenvalue weighted by Crippen LogP contribution is -2.28. The molecule has 0 saturated carbocycles. The molecule has 15 heteroatoms. The number of nitro groups is 2. The first-order valence-corrected chi connectivity index (χ1v) is 13.0. The summed E-state index contributed by atoms with van der Waals surface area (Å²) < 4.78 is 0.151. The van der Waals surface area contributed by atoms with Crippen LogP contribution in [0.4, 0.5) is 34.9 Å². The maximum Gasteiger partial charge on any atom is 0.271 e. The van der Waals surface area contributed by atoms with Gasteiger partial charge in [-0.15, -0.1) is 0 Å². The quantitative estimate of drug-likeness (QED) is 0.116. The number of phenols is 1. The smallest absolute Gasteiger partial charge is 0.271 e. The number of halogens is 1. The number of anilines is 4. The van der Waals surface area contributed by atoms with Crippen molar-refractivity contribution < 1.29 is 15.0 Å². The first kappa shape index (κ1) is 29.2. The van der Waals surface area contributed by atoms with Crippen LogP contribution in [0.25, 0.3) is 0 Å². The van der Waals surface area contributed by atoms with Gasteiger partial charge in [0.15, 0.2) is 0 Å². The summed E-state index contributed by atoms with van der Waals surface area (Å²) in [5.74, 6) is 0.469. The predicted octanol–water partition coefficient (Wildman–Crippen LogP) is 5.75. The number of hydrazone groups is 1. The highest BCUT2D eigenvalue weighted by Gasteiger charge is 2.16. The minimum Gasteiger partial charge on any atom is -0.506 e. The number of aromatic nitrogens is 3. The van der Waals surface area contributed by atoms with E-state index >= 15 is 0 Å². The Hall–Kier alpha value is -4.40. The standard InChI is InChI=1S/C24H28BrN9O5/c1-3-5-11-32(12-6-4-2)24-29-22(27-17-7-9-18(10-8-17)33(36)37)28-23(30-24)31-26-15-16-13-19(34(38)39)14-20(25)21(16)35/h7-10,13-15,35H,3-6,11-12H2,1-2H3,(H2,27,28,29,30,31)/b26-15+. The summed E-state index contributed by atoms with van der Waals surface area (Å²) in [5, 5.41) is 39.5. The molecule has 39 heavy (non-hydrogen) atoms. The average molecular weight is 602 g/mol. The summed E-state index contributed by atoms with van der Waals surface area (Å²) in [6, 6.07) is 8.20. The normalized spacial score (nSPS) is 10.9. The van der Waals surface area contributed by atoms with Crippen molar-refractivity contribution >= 4 is 57.1 Å². The summed E-state index contributed by atoms with van der Waals surface area (Å²) in [4.78, 5) is 36.5. The Morgan fingerprint density at radius 1 is 0.974 bits per heavy atom. The van der Waals surface area contributed by atoms with E-state index in [1.165, 1.54) is 30.5 Å². The summed E-state index contributed by atoms with van der Waals surface area (Å²) in [6.45, 7) is 5.65. The molecule has 206 valence electrons. The minimum absolute atomic E-state index is 0.0464. The molecule has 0 bridgehead atoms. The Kier molecular flexibility index (Phi) is 10.4. The van der Waals surface area contributed by atoms with Crippen molar-refractivity contribution in [3.8, 4) is 5.75 Å². The van der Waals surface area contributed by atoms with Crippen LogP contribution in [-0.4, -0.2) is 49.2 Å². The van der Waals surface area contributed by atoms with Crippen LogP contribution in [0.5, 0.6) is 5.75 Å². The van der Waals surface area contributed by atoms with E-state index in [0.29, 0.717) is 11.6 Å². The number of phenolic OH excluding ortho intramolecular Hbond substituents is 1. The van der Waals surface area contributed by atoms with E-state index in [9.17, 15) is 25.3 Å². The highest BCUT2D eigenvalue weighted by atomic mass is 79.9. The van der Waals surface area contributed by atoms with Crippen molar-refractivity contribution in [3.05, 3.63) is 66.7 Å². The molecule has 0 fully saturated rings. The zero-order valence-corrected chi connectivity index (χ0v) is 23.0. The second-order valence-corrected chi connectivity index (χ2v) is 9.25. The number of hydrogen-bond acceptors (Lipinski definition) is 12. The lowest BCUT2D eigenvalue weighted by Gasteiger charge is -2.23. The molecule has 0 saturated heterocycles. The number of rotatable bonds is 14. The van der Waals surface area contributed by atoms with Gasteiger partial charge in [0, 0.05) is 48.6 Å². The second-order valence-electron chi connectivity index (χ2n) is 8.40. The van der Waals surface area contributed by atoms with Crippen LogP contribution in [0.3, 0.4) is 0 Å². The van der Waals surface area contributed by atoms with Gasteiger partial charge >= 0.3 is 0 Å². The third-order valence-electron chi connectivity index (χ3n) is 5.46. The zero-order chi connectivity index (χ0) is 28.4. The van der Waals surface area contributed by atoms with E-state index in [-0.39, 0.29) is 39.1 Å². The molecule has 2 aromatic carbocycles. The molecule has 1 heterocycles. The Morgan fingerprint density at radius 2 is 1.59 bits per heavy atom. The topological polar surface area (TPSA) is 185 Å². The Morgan fingerprint density at radius 3 is 2.18 bits per heavy atom. The molecule has 0 unspecified atom stereocenters. The fraction of sp³-hybridized carbons (Fsp3) is 0.333. The lowest BCUT2D eigenvalue weighted by molar-refractivity contribution is -0.385. The van der Waals surface area contributed by atoms with E-state index in [1.807, 2.05) is 4.90 Å². The number of benzene rings is 2. The van der Waals surface area contributed by atoms with Gasteiger partial charge in [0.05, 0.1) is 20.5 Å². The van der Waals surface area contributed by atoms with Crippen molar-refractivity contribution in [1.29, 1.82) is 0 Å². The Labute approximate surface area is 232 Å². The van der Waals surface area contributed by atoms with Crippen molar-refractivity contribution in [2.45, 2.75) is 39.5 Å². The summed E-state index contributed by atoms with van der Waals surface area (Å²) in [7, 11) is 0. The summed E-state index contributed by atoms with van der Waals surface area (Å²) in [5.41, 5.74) is 3.07. The van der Waals surface area contributed by atoms with E-state index in [2.05, 4.69) is 60.6 Å². The number of nitrogens with zero attached hydrogens (tertiary/aromatic N) is 7. The SMILES string of the molecule is CCCCN(CCCC)c1nc(N/N=C/c2cc([N+](=O)[O-])cc(Br)c2O)nc(Nc2ccc([N+](=O)[O-])cc2)n1. The molecule has 3 N–H and O–H groups in total. The fourth-order valence-electron chi connectivity index (χ4n) is 3.39. The highest BCUT2D eigenvalue weighted by Crippen LogP contribution is 2.31. The fourth-order valence-corrected chi connectivity index (χ4v) is 3.85. The number of non-ortho nitro benzene ring substituents is 2. The van der Waals surface area contributed by atoms with E-state index < -0.39 is 9.85 Å². The van der Waals surface area contributed by atoms with Crippen molar-refractivity contribution in [1.82, 2.24) is 15.0 Å². The van der Waals surface area contributed by atoms with Crippen molar-refractivity contribution in [2.24, 2.45) is 5.10 Å². The largest absolute Gasteiger partial charge is 0.506 e. The van der Waals surface area contributed by atoms with Gasteiger partial charge in [0.1, 0.15) is 5.75 Å². The number of nitro benzene ring substituents is 2. The Bertz CT molecular complexity index is 1330. The van der Waals surface area contributed by atoms with Gasteiger partial charge in [-0.3, -0.25) is 20.2 Å². The maximum absolute atomic E-state index is 11.2. The van der Waals surface area contributed by atoms with Crippen LogP contribution in [0, 0.1) is 20.2 Å². The van der Waals surface area contributed by atoms with E-state index in [4.69, 9.17) is 0 Å². The number of unbranched alkanes of at least 4 members (excludes halogenated alkanes) is 2. The molecular formula is C24H28BrN9O5. The molecule has 14 nitrogen and oxygen atoms in total. The van der Waals surface area contributed by atoms with Gasteiger partial charge in [0.25, 0.3) is 11.4 Å². The number of hydrogen-bond donors (Lipinski definition) is 3. The van der Waals surface area contributed by atoms with Gasteiger partial charge in [-0.1, -0.05) is 26.7 Å². The maximum atomic E-state index is 11.2. The van der Waals surface area contributed by atoms with Crippen molar-refractivity contribution in [3.63, 3.8) is 0 Å². The first-order valence-electron chi connectivity index (χ1n) is 12.2. The molecule has 1 aromatic heterocycles. The van der Waals surface area contributed by atoms with Crippen LogP contribution in [0.1, 0.15) is 45.1 Å². The second kappa shape index (κ2) is 13.9. The molecule has 3 rings (SSSR count). The zero-order valence-electron chi connectivity index (χ0n) is 21.4. The van der Waals surface area contributed by atoms with E-state index in [0.717, 1.165) is 38.8 Å². The molecule has 0 amide bonds. The van der Waals surface area contributed by atoms with Gasteiger partial charge in [-0.25, -0.2) is 5.43 Å². The third-order valence-corrected chi connectivity index (χ3v) is 6.07. The molecule has 0 spiro atoms. The van der Waals surface area contributed by atoms with Gasteiger partial charge < -0.3 is 15.3 Å². The third kappa shape index (κ3) is 8.29.